The third-order valence-electron chi connectivity index (χ3n) is 3.26. The first kappa shape index (κ1) is 13.0. The summed E-state index contributed by atoms with van der Waals surface area (Å²) in [5.74, 6) is -1.23. The molecular formula is C12H21NO3. The molecule has 1 saturated carbocycles. The first-order valence-electron chi connectivity index (χ1n) is 6.14. The molecule has 16 heavy (non-hydrogen) atoms. The molecule has 0 aromatic rings. The maximum Gasteiger partial charge on any atom is 0.307 e. The predicted molar refractivity (Wildman–Crippen MR) is 61.0 cm³/mol. The number of carbonyl (C=O) groups excluding carboxylic acids is 1. The normalized spacial score (nSPS) is 18.3. The van der Waals surface area contributed by atoms with E-state index in [1.807, 2.05) is 6.92 Å². The molecule has 1 atom stereocenters. The Labute approximate surface area is 96.4 Å². The van der Waals surface area contributed by atoms with Crippen molar-refractivity contribution in [2.75, 3.05) is 6.54 Å². The molecule has 4 heteroatoms. The first-order valence-corrected chi connectivity index (χ1v) is 6.14. The molecule has 2 N–H and O–H groups in total. The molecule has 0 radical (unpaired) electrons. The quantitative estimate of drug-likeness (QED) is 0.727. The number of carboxylic acids is 1. The van der Waals surface area contributed by atoms with Crippen molar-refractivity contribution < 1.29 is 14.7 Å². The fraction of sp³-hybridized carbons (Fsp3) is 0.833. The van der Waals surface area contributed by atoms with Crippen LogP contribution in [0.4, 0.5) is 0 Å². The van der Waals surface area contributed by atoms with Gasteiger partial charge in [0.05, 0.1) is 5.92 Å². The molecule has 4 nitrogen and oxygen atoms in total. The molecule has 0 saturated heterocycles. The van der Waals surface area contributed by atoms with Gasteiger partial charge in [0, 0.05) is 13.0 Å². The van der Waals surface area contributed by atoms with Gasteiger partial charge in [0.25, 0.3) is 0 Å². The number of carboxylic acid groups (broad SMARTS) is 1. The van der Waals surface area contributed by atoms with Gasteiger partial charge in [-0.2, -0.15) is 0 Å². The average Bonchev–Trinajstić information content (AvgIpc) is 2.75. The minimum Gasteiger partial charge on any atom is -0.481 e. The third-order valence-corrected chi connectivity index (χ3v) is 3.26. The van der Waals surface area contributed by atoms with Crippen molar-refractivity contribution in [1.82, 2.24) is 5.32 Å². The topological polar surface area (TPSA) is 66.4 Å². The molecule has 0 aromatic carbocycles. The van der Waals surface area contributed by atoms with Crippen LogP contribution in [0.5, 0.6) is 0 Å². The van der Waals surface area contributed by atoms with Gasteiger partial charge in [-0.1, -0.05) is 19.8 Å². The molecule has 1 rings (SSSR count). The van der Waals surface area contributed by atoms with Gasteiger partial charge in [0.15, 0.2) is 0 Å². The summed E-state index contributed by atoms with van der Waals surface area (Å²) in [6.45, 7) is 2.61. The van der Waals surface area contributed by atoms with Crippen molar-refractivity contribution in [2.45, 2.75) is 45.4 Å². The monoisotopic (exact) mass is 227 g/mol. The van der Waals surface area contributed by atoms with Crippen molar-refractivity contribution >= 4 is 11.9 Å². The molecule has 92 valence electrons. The summed E-state index contributed by atoms with van der Waals surface area (Å²) in [5, 5.41) is 11.9. The van der Waals surface area contributed by atoms with Gasteiger partial charge >= 0.3 is 5.97 Å². The maximum absolute atomic E-state index is 11.5. The van der Waals surface area contributed by atoms with E-state index in [2.05, 4.69) is 5.32 Å². The Morgan fingerprint density at radius 2 is 2.00 bits per heavy atom. The zero-order chi connectivity index (χ0) is 12.0. The Kier molecular flexibility index (Phi) is 5.29. The second kappa shape index (κ2) is 6.51. The molecule has 1 aliphatic carbocycles. The molecular weight excluding hydrogens is 206 g/mol. The summed E-state index contributed by atoms with van der Waals surface area (Å²) >= 11 is 0. The number of amides is 1. The van der Waals surface area contributed by atoms with Crippen LogP contribution in [0.15, 0.2) is 0 Å². The smallest absolute Gasteiger partial charge is 0.307 e. The highest BCUT2D eigenvalue weighted by atomic mass is 16.4. The number of rotatable bonds is 6. The van der Waals surface area contributed by atoms with Crippen molar-refractivity contribution in [3.05, 3.63) is 0 Å². The fourth-order valence-electron chi connectivity index (χ4n) is 2.35. The summed E-state index contributed by atoms with van der Waals surface area (Å²) < 4.78 is 0. The van der Waals surface area contributed by atoms with Crippen molar-refractivity contribution in [1.29, 1.82) is 0 Å². The highest BCUT2D eigenvalue weighted by Crippen LogP contribution is 2.33. The molecule has 0 aromatic heterocycles. The molecule has 1 fully saturated rings. The Hall–Kier alpha value is -1.06. The van der Waals surface area contributed by atoms with Gasteiger partial charge in [0.1, 0.15) is 0 Å². The van der Waals surface area contributed by atoms with Crippen molar-refractivity contribution in [2.24, 2.45) is 11.8 Å². The zero-order valence-corrected chi connectivity index (χ0v) is 9.87. The van der Waals surface area contributed by atoms with Gasteiger partial charge in [-0.3, -0.25) is 9.59 Å². The van der Waals surface area contributed by atoms with Crippen LogP contribution in [0.25, 0.3) is 0 Å². The summed E-state index contributed by atoms with van der Waals surface area (Å²) in [5.41, 5.74) is 0. The van der Waals surface area contributed by atoms with Crippen LogP contribution in [-0.4, -0.2) is 23.5 Å². The van der Waals surface area contributed by atoms with Crippen molar-refractivity contribution in [3.63, 3.8) is 0 Å². The van der Waals surface area contributed by atoms with E-state index in [-0.39, 0.29) is 18.2 Å². The Bertz CT molecular complexity index is 247. The van der Waals surface area contributed by atoms with E-state index < -0.39 is 11.9 Å². The molecule has 1 amide bonds. The minimum absolute atomic E-state index is 0.124. The van der Waals surface area contributed by atoms with Crippen LogP contribution < -0.4 is 5.32 Å². The summed E-state index contributed by atoms with van der Waals surface area (Å²) in [4.78, 5) is 22.6. The molecule has 0 bridgehead atoms. The van der Waals surface area contributed by atoms with Gasteiger partial charge < -0.3 is 10.4 Å². The van der Waals surface area contributed by atoms with Crippen LogP contribution in [0.2, 0.25) is 0 Å². The van der Waals surface area contributed by atoms with Crippen LogP contribution in [-0.2, 0) is 9.59 Å². The van der Waals surface area contributed by atoms with Gasteiger partial charge in [-0.05, 0) is 25.2 Å². The van der Waals surface area contributed by atoms with E-state index in [1.165, 1.54) is 0 Å². The summed E-state index contributed by atoms with van der Waals surface area (Å²) in [6, 6.07) is 0. The lowest BCUT2D eigenvalue weighted by molar-refractivity contribution is -0.146. The lowest BCUT2D eigenvalue weighted by atomic mass is 9.88. The van der Waals surface area contributed by atoms with Crippen LogP contribution >= 0.6 is 0 Å². The van der Waals surface area contributed by atoms with Crippen LogP contribution in [0.1, 0.15) is 45.4 Å². The third kappa shape index (κ3) is 3.83. The number of hydrogen-bond donors (Lipinski definition) is 2. The molecule has 0 heterocycles. The largest absolute Gasteiger partial charge is 0.481 e. The van der Waals surface area contributed by atoms with Crippen molar-refractivity contribution in [3.8, 4) is 0 Å². The van der Waals surface area contributed by atoms with E-state index in [0.29, 0.717) is 6.54 Å². The van der Waals surface area contributed by atoms with E-state index in [1.54, 1.807) is 0 Å². The lowest BCUT2D eigenvalue weighted by Crippen LogP contribution is -2.31. The van der Waals surface area contributed by atoms with Gasteiger partial charge in [-0.25, -0.2) is 0 Å². The zero-order valence-electron chi connectivity index (χ0n) is 9.87. The Balaban J connectivity index is 2.44. The van der Waals surface area contributed by atoms with E-state index in [4.69, 9.17) is 5.11 Å². The highest BCUT2D eigenvalue weighted by molar-refractivity contribution is 5.82. The molecule has 1 unspecified atom stereocenters. The lowest BCUT2D eigenvalue weighted by Gasteiger charge is -2.18. The minimum atomic E-state index is -0.821. The highest BCUT2D eigenvalue weighted by Gasteiger charge is 2.31. The molecule has 0 aliphatic heterocycles. The number of carbonyl (C=O) groups is 2. The Morgan fingerprint density at radius 1 is 1.38 bits per heavy atom. The van der Waals surface area contributed by atoms with Gasteiger partial charge in [-0.15, -0.1) is 0 Å². The second-order valence-electron chi connectivity index (χ2n) is 4.54. The molecule has 1 aliphatic rings. The first-order chi connectivity index (χ1) is 7.65. The maximum atomic E-state index is 11.5. The Morgan fingerprint density at radius 3 is 2.50 bits per heavy atom. The van der Waals surface area contributed by atoms with E-state index >= 15 is 0 Å². The van der Waals surface area contributed by atoms with E-state index in [0.717, 1.165) is 32.1 Å². The summed E-state index contributed by atoms with van der Waals surface area (Å²) in [7, 11) is 0. The second-order valence-corrected chi connectivity index (χ2v) is 4.54. The average molecular weight is 227 g/mol. The number of aliphatic carboxylic acids is 1. The standard InChI is InChI=1S/C12H21NO3/c1-2-7-13-11(14)8-10(12(15)16)9-5-3-4-6-9/h9-10H,2-8H2,1H3,(H,13,14)(H,15,16). The van der Waals surface area contributed by atoms with Crippen LogP contribution in [0.3, 0.4) is 0 Å². The summed E-state index contributed by atoms with van der Waals surface area (Å²) in [6.07, 6.45) is 5.14. The van der Waals surface area contributed by atoms with Gasteiger partial charge in [0.2, 0.25) is 5.91 Å². The number of hydrogen-bond acceptors (Lipinski definition) is 2. The molecule has 0 spiro atoms. The number of nitrogens with one attached hydrogen (secondary N) is 1. The SMILES string of the molecule is CCCNC(=O)CC(C(=O)O)C1CCCC1. The van der Waals surface area contributed by atoms with E-state index in [9.17, 15) is 9.59 Å². The fourth-order valence-corrected chi connectivity index (χ4v) is 2.35. The van der Waals surface area contributed by atoms with Crippen LogP contribution in [0, 0.1) is 11.8 Å². The predicted octanol–water partition coefficient (Wildman–Crippen LogP) is 1.79.